The lowest BCUT2D eigenvalue weighted by Crippen LogP contribution is -2.48. The molecule has 0 aromatic carbocycles. The van der Waals surface area contributed by atoms with E-state index in [2.05, 4.69) is 15.1 Å². The molecule has 1 aliphatic heterocycles. The fourth-order valence-corrected chi connectivity index (χ4v) is 3.47. The number of nitrogens with zero attached hydrogens (tertiary/aromatic N) is 2. The normalized spacial score (nSPS) is 30.5. The largest absolute Gasteiger partial charge is 0.374 e. The van der Waals surface area contributed by atoms with Gasteiger partial charge in [-0.25, -0.2) is 0 Å². The maximum Gasteiger partial charge on any atom is 0.207 e. The van der Waals surface area contributed by atoms with E-state index in [1.165, 1.54) is 19.3 Å². The molecular formula is C9H13N3OS2. The Morgan fingerprint density at radius 1 is 1.53 bits per heavy atom. The van der Waals surface area contributed by atoms with Gasteiger partial charge in [0.25, 0.3) is 0 Å². The van der Waals surface area contributed by atoms with Crippen molar-refractivity contribution in [3.05, 3.63) is 3.95 Å². The minimum absolute atomic E-state index is 0.413. The van der Waals surface area contributed by atoms with Gasteiger partial charge in [0.15, 0.2) is 3.95 Å². The molecular weight excluding hydrogens is 230 g/mol. The first-order valence-corrected chi connectivity index (χ1v) is 6.51. The monoisotopic (exact) mass is 243 g/mol. The average Bonchev–Trinajstić information content (AvgIpc) is 2.84. The Labute approximate surface area is 97.3 Å². The number of aromatic nitrogens is 2. The van der Waals surface area contributed by atoms with Crippen LogP contribution in [0.15, 0.2) is 0 Å². The highest BCUT2D eigenvalue weighted by Crippen LogP contribution is 2.33. The quantitative estimate of drug-likeness (QED) is 0.766. The minimum Gasteiger partial charge on any atom is -0.374 e. The summed E-state index contributed by atoms with van der Waals surface area (Å²) in [7, 11) is 0. The number of anilines is 1. The van der Waals surface area contributed by atoms with Gasteiger partial charge < -0.3 is 9.64 Å². The third-order valence-electron chi connectivity index (χ3n) is 3.15. The molecule has 2 heterocycles. The summed E-state index contributed by atoms with van der Waals surface area (Å²) in [6, 6.07) is 0.521. The smallest absolute Gasteiger partial charge is 0.207 e. The van der Waals surface area contributed by atoms with Gasteiger partial charge in [0.05, 0.1) is 18.8 Å². The lowest BCUT2D eigenvalue weighted by molar-refractivity contribution is 0.0256. The Morgan fingerprint density at radius 3 is 3.27 bits per heavy atom. The number of ether oxygens (including phenoxy) is 1. The van der Waals surface area contributed by atoms with Gasteiger partial charge in [-0.15, -0.1) is 5.10 Å². The molecule has 2 fully saturated rings. The van der Waals surface area contributed by atoms with Gasteiger partial charge in [-0.05, 0) is 31.5 Å². The van der Waals surface area contributed by atoms with Gasteiger partial charge in [0.2, 0.25) is 5.13 Å². The van der Waals surface area contributed by atoms with E-state index in [0.717, 1.165) is 22.2 Å². The molecule has 2 atom stereocenters. The summed E-state index contributed by atoms with van der Waals surface area (Å²) < 4.78 is 6.51. The molecule has 1 saturated heterocycles. The second-order valence-corrected chi connectivity index (χ2v) is 5.64. The third-order valence-corrected chi connectivity index (χ3v) is 4.28. The van der Waals surface area contributed by atoms with Crippen LogP contribution < -0.4 is 4.90 Å². The topological polar surface area (TPSA) is 41.2 Å². The number of nitrogens with one attached hydrogen (secondary N) is 1. The third kappa shape index (κ3) is 1.70. The van der Waals surface area contributed by atoms with E-state index >= 15 is 0 Å². The highest BCUT2D eigenvalue weighted by Gasteiger charge is 2.37. The summed E-state index contributed by atoms with van der Waals surface area (Å²) in [6.45, 7) is 1.75. The van der Waals surface area contributed by atoms with Crippen molar-refractivity contribution in [2.24, 2.45) is 0 Å². The van der Waals surface area contributed by atoms with E-state index in [1.807, 2.05) is 0 Å². The molecule has 0 radical (unpaired) electrons. The van der Waals surface area contributed by atoms with E-state index in [9.17, 15) is 0 Å². The predicted octanol–water partition coefficient (Wildman–Crippen LogP) is 1.96. The number of fused-ring (bicyclic) bond motifs is 1. The zero-order valence-electron chi connectivity index (χ0n) is 8.31. The molecule has 82 valence electrons. The highest BCUT2D eigenvalue weighted by atomic mass is 32.1. The van der Waals surface area contributed by atoms with Gasteiger partial charge >= 0.3 is 0 Å². The molecule has 0 bridgehead atoms. The summed E-state index contributed by atoms with van der Waals surface area (Å²) in [4.78, 5) is 2.36. The Hall–Kier alpha value is -0.460. The molecule has 2 aliphatic rings. The van der Waals surface area contributed by atoms with Gasteiger partial charge in [-0.3, -0.25) is 5.10 Å². The highest BCUT2D eigenvalue weighted by molar-refractivity contribution is 7.73. The van der Waals surface area contributed by atoms with Crippen molar-refractivity contribution in [2.75, 3.05) is 18.1 Å². The summed E-state index contributed by atoms with van der Waals surface area (Å²) >= 11 is 6.63. The number of rotatable bonds is 1. The Morgan fingerprint density at radius 2 is 2.47 bits per heavy atom. The SMILES string of the molecule is S=c1[nH]nc(N2CCOC3CCCC32)s1. The molecule has 3 rings (SSSR count). The number of aromatic amines is 1. The molecule has 2 unspecified atom stereocenters. The molecule has 1 aromatic rings. The van der Waals surface area contributed by atoms with E-state index in [1.54, 1.807) is 11.3 Å². The number of H-pyrrole nitrogens is 1. The standard InChI is InChI=1S/C9H13N3OS2/c14-9-11-10-8(15-9)12-4-5-13-7-3-1-2-6(7)12/h6-7H,1-5H2,(H,11,14). The maximum absolute atomic E-state index is 5.76. The molecule has 0 spiro atoms. The van der Waals surface area contributed by atoms with E-state index in [-0.39, 0.29) is 0 Å². The molecule has 1 aromatic heterocycles. The number of morpholine rings is 1. The maximum atomic E-state index is 5.76. The zero-order chi connectivity index (χ0) is 10.3. The molecule has 1 aliphatic carbocycles. The van der Waals surface area contributed by atoms with Crippen LogP contribution in [0.25, 0.3) is 0 Å². The lowest BCUT2D eigenvalue weighted by Gasteiger charge is -2.37. The van der Waals surface area contributed by atoms with Gasteiger partial charge in [-0.1, -0.05) is 11.3 Å². The van der Waals surface area contributed by atoms with Crippen molar-refractivity contribution in [3.8, 4) is 0 Å². The summed E-state index contributed by atoms with van der Waals surface area (Å²) in [5.41, 5.74) is 0. The van der Waals surface area contributed by atoms with Crippen molar-refractivity contribution in [2.45, 2.75) is 31.4 Å². The Kier molecular flexibility index (Phi) is 2.50. The average molecular weight is 243 g/mol. The van der Waals surface area contributed by atoms with Crippen molar-refractivity contribution in [1.82, 2.24) is 10.2 Å². The van der Waals surface area contributed by atoms with Crippen LogP contribution in [0.2, 0.25) is 0 Å². The van der Waals surface area contributed by atoms with E-state index in [4.69, 9.17) is 17.0 Å². The first kappa shape index (κ1) is 9.74. The second-order valence-electron chi connectivity index (χ2n) is 4.00. The second kappa shape index (κ2) is 3.84. The first-order chi connectivity index (χ1) is 7.34. The fourth-order valence-electron chi connectivity index (χ4n) is 2.51. The lowest BCUT2D eigenvalue weighted by atomic mass is 10.1. The van der Waals surface area contributed by atoms with Gasteiger partial charge in [0.1, 0.15) is 0 Å². The molecule has 1 saturated carbocycles. The minimum atomic E-state index is 0.413. The molecule has 4 nitrogen and oxygen atoms in total. The predicted molar refractivity (Wildman–Crippen MR) is 62.0 cm³/mol. The van der Waals surface area contributed by atoms with Crippen LogP contribution >= 0.6 is 23.6 Å². The van der Waals surface area contributed by atoms with E-state index < -0.39 is 0 Å². The van der Waals surface area contributed by atoms with Crippen LogP contribution in [-0.2, 0) is 4.74 Å². The first-order valence-electron chi connectivity index (χ1n) is 5.28. The Bertz CT molecular complexity index is 402. The molecule has 0 amide bonds. The van der Waals surface area contributed by atoms with Crippen LogP contribution in [0.4, 0.5) is 5.13 Å². The summed E-state index contributed by atoms with van der Waals surface area (Å²) in [5, 5.41) is 8.13. The van der Waals surface area contributed by atoms with Crippen molar-refractivity contribution < 1.29 is 4.74 Å². The van der Waals surface area contributed by atoms with Crippen LogP contribution in [0.5, 0.6) is 0 Å². The van der Waals surface area contributed by atoms with Crippen molar-refractivity contribution in [3.63, 3.8) is 0 Å². The number of hydrogen-bond donors (Lipinski definition) is 1. The number of hydrogen-bond acceptors (Lipinski definition) is 5. The molecule has 1 N–H and O–H groups in total. The van der Waals surface area contributed by atoms with Crippen LogP contribution in [0, 0.1) is 3.95 Å². The van der Waals surface area contributed by atoms with E-state index in [0.29, 0.717) is 12.1 Å². The molecule has 6 heteroatoms. The Balaban J connectivity index is 1.88. The summed E-state index contributed by atoms with van der Waals surface area (Å²) in [5.74, 6) is 0. The van der Waals surface area contributed by atoms with Crippen LogP contribution in [0.3, 0.4) is 0 Å². The van der Waals surface area contributed by atoms with Crippen LogP contribution in [-0.4, -0.2) is 35.5 Å². The fraction of sp³-hybridized carbons (Fsp3) is 0.778. The van der Waals surface area contributed by atoms with Crippen molar-refractivity contribution in [1.29, 1.82) is 0 Å². The van der Waals surface area contributed by atoms with Crippen LogP contribution in [0.1, 0.15) is 19.3 Å². The van der Waals surface area contributed by atoms with Gasteiger partial charge in [0, 0.05) is 6.54 Å². The van der Waals surface area contributed by atoms with Crippen molar-refractivity contribution >= 4 is 28.7 Å². The summed E-state index contributed by atoms with van der Waals surface area (Å²) in [6.07, 6.45) is 4.09. The van der Waals surface area contributed by atoms with Gasteiger partial charge in [-0.2, -0.15) is 0 Å². The zero-order valence-corrected chi connectivity index (χ0v) is 9.94. The molecule has 15 heavy (non-hydrogen) atoms.